The smallest absolute Gasteiger partial charge is 0.258 e. The summed E-state index contributed by atoms with van der Waals surface area (Å²) in [6.45, 7) is 1.20. The minimum atomic E-state index is -3.84. The van der Waals surface area contributed by atoms with Crippen LogP contribution in [0.3, 0.4) is 0 Å². The Morgan fingerprint density at radius 2 is 1.97 bits per heavy atom. The van der Waals surface area contributed by atoms with Crippen LogP contribution < -0.4 is 15.8 Å². The van der Waals surface area contributed by atoms with E-state index in [0.717, 1.165) is 18.5 Å². The third-order valence-corrected chi connectivity index (χ3v) is 5.80. The Balaban J connectivity index is 2.03. The number of rotatable bonds is 7. The van der Waals surface area contributed by atoms with Gasteiger partial charge in [0, 0.05) is 5.39 Å². The van der Waals surface area contributed by atoms with Gasteiger partial charge in [-0.2, -0.15) is 0 Å². The number of aliphatic hydroxyl groups excluding tert-OH is 1. The van der Waals surface area contributed by atoms with Crippen molar-refractivity contribution in [2.45, 2.75) is 20.0 Å². The lowest BCUT2D eigenvalue weighted by atomic mass is 10.0. The molecule has 0 radical (unpaired) electrons. The number of anilines is 3. The molecular formula is C19H19F2N5O4S. The first-order chi connectivity index (χ1) is 14.7. The first kappa shape index (κ1) is 22.3. The predicted octanol–water partition coefficient (Wildman–Crippen LogP) is 2.39. The predicted molar refractivity (Wildman–Crippen MR) is 112 cm³/mol. The van der Waals surface area contributed by atoms with Gasteiger partial charge in [0.1, 0.15) is 23.6 Å². The maximum atomic E-state index is 14.8. The number of hydrogen-bond donors (Lipinski definition) is 4. The first-order valence-corrected chi connectivity index (χ1v) is 10.8. The molecule has 0 bridgehead atoms. The van der Waals surface area contributed by atoms with E-state index in [1.165, 1.54) is 12.1 Å². The lowest BCUT2D eigenvalue weighted by molar-refractivity contribution is 0.102. The number of fused-ring (bicyclic) bond motifs is 1. The Kier molecular flexibility index (Phi) is 6.32. The van der Waals surface area contributed by atoms with Crippen LogP contribution in [0.5, 0.6) is 0 Å². The molecule has 164 valence electrons. The number of nitrogens with zero attached hydrogens (tertiary/aromatic N) is 2. The molecule has 0 aliphatic carbocycles. The second-order valence-electron chi connectivity index (χ2n) is 6.62. The van der Waals surface area contributed by atoms with Crippen LogP contribution in [0, 0.1) is 11.6 Å². The number of sulfonamides is 1. The Morgan fingerprint density at radius 3 is 2.65 bits per heavy atom. The number of amides is 1. The maximum Gasteiger partial charge on any atom is 0.258 e. The van der Waals surface area contributed by atoms with Crippen molar-refractivity contribution in [1.29, 1.82) is 0 Å². The third-order valence-electron chi connectivity index (χ3n) is 4.32. The summed E-state index contributed by atoms with van der Waals surface area (Å²) in [7, 11) is -3.84. The monoisotopic (exact) mass is 451 g/mol. The highest BCUT2D eigenvalue weighted by atomic mass is 32.2. The normalized spacial score (nSPS) is 11.5. The highest BCUT2D eigenvalue weighted by molar-refractivity contribution is 7.92. The molecule has 0 spiro atoms. The Hall–Kier alpha value is -3.38. The number of nitrogen functional groups attached to an aromatic ring is 1. The van der Waals surface area contributed by atoms with Crippen molar-refractivity contribution in [1.82, 2.24) is 9.97 Å². The highest BCUT2D eigenvalue weighted by Gasteiger charge is 2.22. The van der Waals surface area contributed by atoms with Gasteiger partial charge in [-0.05, 0) is 36.2 Å². The molecule has 0 aliphatic heterocycles. The van der Waals surface area contributed by atoms with E-state index in [4.69, 9.17) is 5.73 Å². The van der Waals surface area contributed by atoms with Crippen LogP contribution in [-0.2, 0) is 16.6 Å². The van der Waals surface area contributed by atoms with Crippen molar-refractivity contribution in [3.05, 3.63) is 53.4 Å². The van der Waals surface area contributed by atoms with E-state index in [-0.39, 0.29) is 28.0 Å². The van der Waals surface area contributed by atoms with Gasteiger partial charge in [-0.1, -0.05) is 6.92 Å². The van der Waals surface area contributed by atoms with Gasteiger partial charge >= 0.3 is 0 Å². The number of nitrogens with one attached hydrogen (secondary N) is 2. The standard InChI is InChI=1S/C19H19F2N5O4S/c1-2-5-31(29,30)26-14-4-3-13(20)17(15(14)21)25-19(28)12-7-10(8-27)6-11-16(12)23-9-24-18(11)22/h3-4,6-7,9,26-27H,2,5,8H2,1H3,(H,25,28)(H2,22,23,24). The van der Waals surface area contributed by atoms with Gasteiger partial charge in [0.2, 0.25) is 10.0 Å². The number of carbonyl (C=O) groups excluding carboxylic acids is 1. The lowest BCUT2D eigenvalue weighted by Crippen LogP contribution is -2.19. The highest BCUT2D eigenvalue weighted by Crippen LogP contribution is 2.29. The van der Waals surface area contributed by atoms with Crippen LogP contribution in [0.15, 0.2) is 30.6 Å². The van der Waals surface area contributed by atoms with Crippen LogP contribution in [0.25, 0.3) is 10.9 Å². The molecule has 5 N–H and O–H groups in total. The summed E-state index contributed by atoms with van der Waals surface area (Å²) < 4.78 is 55.0. The fourth-order valence-corrected chi connectivity index (χ4v) is 4.06. The van der Waals surface area contributed by atoms with E-state index in [2.05, 4.69) is 15.3 Å². The number of nitrogens with two attached hydrogens (primary N) is 1. The minimum absolute atomic E-state index is 0.0547. The zero-order valence-corrected chi connectivity index (χ0v) is 17.1. The SMILES string of the molecule is CCCS(=O)(=O)Nc1ccc(F)c(NC(=O)c2cc(CO)cc3c(N)ncnc23)c1F. The Labute approximate surface area is 176 Å². The van der Waals surface area contributed by atoms with Crippen molar-refractivity contribution in [2.75, 3.05) is 21.5 Å². The van der Waals surface area contributed by atoms with Gasteiger partial charge in [0.15, 0.2) is 5.82 Å². The molecule has 0 fully saturated rings. The van der Waals surface area contributed by atoms with Gasteiger partial charge in [-0.25, -0.2) is 27.2 Å². The van der Waals surface area contributed by atoms with Gasteiger partial charge < -0.3 is 16.2 Å². The minimum Gasteiger partial charge on any atom is -0.392 e. The molecule has 1 aromatic heterocycles. The number of hydrogen-bond acceptors (Lipinski definition) is 7. The van der Waals surface area contributed by atoms with E-state index >= 15 is 0 Å². The van der Waals surface area contributed by atoms with Crippen molar-refractivity contribution >= 4 is 44.0 Å². The van der Waals surface area contributed by atoms with Gasteiger partial charge in [0.05, 0.1) is 29.1 Å². The average Bonchev–Trinajstić information content (AvgIpc) is 2.72. The average molecular weight is 451 g/mol. The summed E-state index contributed by atoms with van der Waals surface area (Å²) in [6.07, 6.45) is 1.42. The molecule has 1 heterocycles. The van der Waals surface area contributed by atoms with E-state index < -0.39 is 45.5 Å². The fourth-order valence-electron chi connectivity index (χ4n) is 2.93. The van der Waals surface area contributed by atoms with Crippen LogP contribution in [0.1, 0.15) is 29.3 Å². The van der Waals surface area contributed by atoms with Crippen molar-refractivity contribution < 1.29 is 27.1 Å². The largest absolute Gasteiger partial charge is 0.392 e. The van der Waals surface area contributed by atoms with E-state index in [1.807, 2.05) is 4.72 Å². The third kappa shape index (κ3) is 4.70. The van der Waals surface area contributed by atoms with Crippen molar-refractivity contribution in [2.24, 2.45) is 0 Å². The molecule has 3 rings (SSSR count). The van der Waals surface area contributed by atoms with Crippen LogP contribution in [-0.4, -0.2) is 35.2 Å². The zero-order valence-electron chi connectivity index (χ0n) is 16.3. The van der Waals surface area contributed by atoms with E-state index in [1.54, 1.807) is 6.92 Å². The zero-order chi connectivity index (χ0) is 22.8. The summed E-state index contributed by atoms with van der Waals surface area (Å²) in [6, 6.07) is 4.54. The van der Waals surface area contributed by atoms with Crippen LogP contribution >= 0.6 is 0 Å². The Bertz CT molecular complexity index is 1270. The Morgan fingerprint density at radius 1 is 1.23 bits per heavy atom. The van der Waals surface area contributed by atoms with Crippen LogP contribution in [0.4, 0.5) is 26.0 Å². The van der Waals surface area contributed by atoms with E-state index in [9.17, 15) is 27.1 Å². The molecule has 0 atom stereocenters. The number of aliphatic hydroxyl groups is 1. The topological polar surface area (TPSA) is 147 Å². The molecule has 3 aromatic rings. The molecule has 2 aromatic carbocycles. The molecule has 0 aliphatic rings. The molecule has 31 heavy (non-hydrogen) atoms. The maximum absolute atomic E-state index is 14.8. The van der Waals surface area contributed by atoms with Gasteiger partial charge in [-0.3, -0.25) is 9.52 Å². The van der Waals surface area contributed by atoms with Crippen LogP contribution in [0.2, 0.25) is 0 Å². The van der Waals surface area contributed by atoms with Crippen molar-refractivity contribution in [3.63, 3.8) is 0 Å². The number of aromatic nitrogens is 2. The molecule has 0 unspecified atom stereocenters. The molecule has 12 heteroatoms. The second-order valence-corrected chi connectivity index (χ2v) is 8.46. The molecule has 0 saturated heterocycles. The molecule has 9 nitrogen and oxygen atoms in total. The second kappa shape index (κ2) is 8.78. The van der Waals surface area contributed by atoms with Gasteiger partial charge in [-0.15, -0.1) is 0 Å². The number of carbonyl (C=O) groups is 1. The number of halogens is 2. The quantitative estimate of drug-likeness (QED) is 0.431. The van der Waals surface area contributed by atoms with Crippen molar-refractivity contribution in [3.8, 4) is 0 Å². The summed E-state index contributed by atoms with van der Waals surface area (Å²) in [5.41, 5.74) is 4.77. The molecule has 0 saturated carbocycles. The van der Waals surface area contributed by atoms with Gasteiger partial charge in [0.25, 0.3) is 5.91 Å². The summed E-state index contributed by atoms with van der Waals surface area (Å²) in [5.74, 6) is -3.54. The molecular weight excluding hydrogens is 432 g/mol. The first-order valence-electron chi connectivity index (χ1n) is 9.10. The fraction of sp³-hybridized carbons (Fsp3) is 0.211. The number of benzene rings is 2. The van der Waals surface area contributed by atoms with E-state index in [0.29, 0.717) is 12.0 Å². The summed E-state index contributed by atoms with van der Waals surface area (Å²) >= 11 is 0. The summed E-state index contributed by atoms with van der Waals surface area (Å²) in [4.78, 5) is 20.7. The summed E-state index contributed by atoms with van der Waals surface area (Å²) in [5, 5.41) is 11.9. The molecule has 1 amide bonds. The lowest BCUT2D eigenvalue weighted by Gasteiger charge is -2.14.